The lowest BCUT2D eigenvalue weighted by Gasteiger charge is -2.16. The zero-order chi connectivity index (χ0) is 20.0. The summed E-state index contributed by atoms with van der Waals surface area (Å²) < 4.78 is 7.64. The smallest absolute Gasteiger partial charge is 0.253 e. The molecule has 1 saturated heterocycles. The van der Waals surface area contributed by atoms with E-state index in [0.29, 0.717) is 19.6 Å². The van der Waals surface area contributed by atoms with Crippen LogP contribution in [0.1, 0.15) is 40.9 Å². The lowest BCUT2D eigenvalue weighted by Crippen LogP contribution is -2.28. The van der Waals surface area contributed by atoms with Crippen molar-refractivity contribution in [3.63, 3.8) is 0 Å². The molecule has 1 aromatic carbocycles. The van der Waals surface area contributed by atoms with Gasteiger partial charge in [0.1, 0.15) is 11.9 Å². The van der Waals surface area contributed by atoms with Gasteiger partial charge in [-0.25, -0.2) is 9.67 Å². The number of nitrogens with zero attached hydrogens (tertiary/aromatic N) is 4. The van der Waals surface area contributed by atoms with Gasteiger partial charge >= 0.3 is 0 Å². The molecule has 0 saturated carbocycles. The zero-order valence-electron chi connectivity index (χ0n) is 16.5. The third kappa shape index (κ3) is 3.15. The van der Waals surface area contributed by atoms with Crippen molar-refractivity contribution in [3.8, 4) is 5.75 Å². The predicted molar refractivity (Wildman–Crippen MR) is 110 cm³/mol. The molecule has 5 rings (SSSR count). The normalized spacial score (nSPS) is 20.8. The maximum absolute atomic E-state index is 13.1. The molecule has 29 heavy (non-hydrogen) atoms. The molecule has 150 valence electrons. The Morgan fingerprint density at radius 3 is 3.10 bits per heavy atom. The fourth-order valence-electron chi connectivity index (χ4n) is 4.52. The standard InChI is InChI=1S/C22H25N5O2/c1-14-11-17-12-15(4-5-19(17)29-14)22(28)26-9-6-16(13-26)20-18-3-2-8-24-21(18)27(25-20)10-7-23/h2-5,8,12,14,16H,6-7,9-11,13,23H2,1H3/t14-,16-/m0/s1. The molecular formula is C22H25N5O2. The van der Waals surface area contributed by atoms with Gasteiger partial charge in [0, 0.05) is 49.1 Å². The van der Waals surface area contributed by atoms with E-state index in [0.717, 1.165) is 53.0 Å². The van der Waals surface area contributed by atoms with E-state index in [1.807, 2.05) is 33.8 Å². The van der Waals surface area contributed by atoms with Gasteiger partial charge in [0.2, 0.25) is 0 Å². The lowest BCUT2D eigenvalue weighted by atomic mass is 10.0. The maximum atomic E-state index is 13.1. The summed E-state index contributed by atoms with van der Waals surface area (Å²) in [6.45, 7) is 4.61. The van der Waals surface area contributed by atoms with E-state index in [-0.39, 0.29) is 17.9 Å². The molecule has 2 aliphatic heterocycles. The highest BCUT2D eigenvalue weighted by Crippen LogP contribution is 2.33. The second kappa shape index (κ2) is 7.15. The van der Waals surface area contributed by atoms with Crippen molar-refractivity contribution in [1.29, 1.82) is 0 Å². The van der Waals surface area contributed by atoms with E-state index in [9.17, 15) is 4.79 Å². The Balaban J connectivity index is 1.37. The van der Waals surface area contributed by atoms with Crippen molar-refractivity contribution in [2.24, 2.45) is 5.73 Å². The molecule has 4 heterocycles. The van der Waals surface area contributed by atoms with Crippen molar-refractivity contribution < 1.29 is 9.53 Å². The van der Waals surface area contributed by atoms with Gasteiger partial charge in [0.05, 0.1) is 12.2 Å². The molecule has 0 unspecified atom stereocenters. The number of carbonyl (C=O) groups is 1. The Bertz CT molecular complexity index is 1080. The van der Waals surface area contributed by atoms with Gasteiger partial charge in [0.25, 0.3) is 5.91 Å². The number of benzene rings is 1. The van der Waals surface area contributed by atoms with Crippen LogP contribution in [0, 0.1) is 0 Å². The Hall–Kier alpha value is -2.93. The molecule has 1 amide bonds. The minimum Gasteiger partial charge on any atom is -0.490 e. The van der Waals surface area contributed by atoms with Crippen LogP contribution in [0.5, 0.6) is 5.75 Å². The second-order valence-electron chi connectivity index (χ2n) is 7.96. The number of rotatable bonds is 4. The third-order valence-corrected chi connectivity index (χ3v) is 5.88. The molecule has 1 fully saturated rings. The van der Waals surface area contributed by atoms with Crippen LogP contribution in [0.4, 0.5) is 0 Å². The Morgan fingerprint density at radius 2 is 2.24 bits per heavy atom. The second-order valence-corrected chi connectivity index (χ2v) is 7.96. The van der Waals surface area contributed by atoms with Crippen LogP contribution in [-0.4, -0.2) is 51.3 Å². The van der Waals surface area contributed by atoms with Gasteiger partial charge in [-0.1, -0.05) is 0 Å². The van der Waals surface area contributed by atoms with Crippen molar-refractivity contribution in [2.75, 3.05) is 19.6 Å². The average molecular weight is 391 g/mol. The summed E-state index contributed by atoms with van der Waals surface area (Å²) in [6, 6.07) is 9.79. The Morgan fingerprint density at radius 1 is 1.34 bits per heavy atom. The van der Waals surface area contributed by atoms with E-state index in [1.165, 1.54) is 0 Å². The highest BCUT2D eigenvalue weighted by molar-refractivity contribution is 5.95. The van der Waals surface area contributed by atoms with E-state index in [4.69, 9.17) is 15.6 Å². The first kappa shape index (κ1) is 18.1. The van der Waals surface area contributed by atoms with Crippen LogP contribution in [-0.2, 0) is 13.0 Å². The van der Waals surface area contributed by atoms with Crippen LogP contribution in [0.15, 0.2) is 36.5 Å². The van der Waals surface area contributed by atoms with Gasteiger partial charge in [-0.05, 0) is 49.2 Å². The monoisotopic (exact) mass is 391 g/mol. The molecule has 2 aliphatic rings. The SMILES string of the molecule is C[C@H]1Cc2cc(C(=O)N3CC[C@H](c4nn(CCN)c5ncccc45)C3)ccc2O1. The third-order valence-electron chi connectivity index (χ3n) is 5.88. The number of nitrogens with two attached hydrogens (primary N) is 1. The summed E-state index contributed by atoms with van der Waals surface area (Å²) in [5.41, 5.74) is 9.48. The summed E-state index contributed by atoms with van der Waals surface area (Å²) >= 11 is 0. The number of ether oxygens (including phenoxy) is 1. The number of aromatic nitrogens is 3. The van der Waals surface area contributed by atoms with Gasteiger partial charge in [0.15, 0.2) is 5.65 Å². The summed E-state index contributed by atoms with van der Waals surface area (Å²) in [5, 5.41) is 5.86. The number of pyridine rings is 1. The van der Waals surface area contributed by atoms with Crippen molar-refractivity contribution in [1.82, 2.24) is 19.7 Å². The molecule has 7 heteroatoms. The molecule has 0 bridgehead atoms. The lowest BCUT2D eigenvalue weighted by molar-refractivity contribution is 0.0790. The van der Waals surface area contributed by atoms with Crippen molar-refractivity contribution in [2.45, 2.75) is 38.3 Å². The highest BCUT2D eigenvalue weighted by Gasteiger charge is 2.32. The van der Waals surface area contributed by atoms with Crippen LogP contribution in [0.2, 0.25) is 0 Å². The van der Waals surface area contributed by atoms with Gasteiger partial charge in [-0.2, -0.15) is 5.10 Å². The van der Waals surface area contributed by atoms with E-state index < -0.39 is 0 Å². The Labute approximate surface area is 169 Å². The fourth-order valence-corrected chi connectivity index (χ4v) is 4.52. The maximum Gasteiger partial charge on any atom is 0.253 e. The number of carbonyl (C=O) groups excluding carboxylic acids is 1. The molecule has 2 atom stereocenters. The molecule has 7 nitrogen and oxygen atoms in total. The largest absolute Gasteiger partial charge is 0.490 e. The molecule has 0 aliphatic carbocycles. The van der Waals surface area contributed by atoms with E-state index >= 15 is 0 Å². The van der Waals surface area contributed by atoms with Crippen molar-refractivity contribution >= 4 is 16.9 Å². The number of fused-ring (bicyclic) bond motifs is 2. The van der Waals surface area contributed by atoms with Gasteiger partial charge in [-0.15, -0.1) is 0 Å². The number of hydrogen-bond donors (Lipinski definition) is 1. The van der Waals surface area contributed by atoms with Crippen LogP contribution < -0.4 is 10.5 Å². The number of likely N-dealkylation sites (tertiary alicyclic amines) is 1. The molecule has 2 N–H and O–H groups in total. The number of hydrogen-bond acceptors (Lipinski definition) is 5. The first-order valence-electron chi connectivity index (χ1n) is 10.2. The fraction of sp³-hybridized carbons (Fsp3) is 0.409. The van der Waals surface area contributed by atoms with Crippen LogP contribution in [0.25, 0.3) is 11.0 Å². The predicted octanol–water partition coefficient (Wildman–Crippen LogP) is 2.34. The van der Waals surface area contributed by atoms with Crippen LogP contribution in [0.3, 0.4) is 0 Å². The number of amides is 1. The average Bonchev–Trinajstić information content (AvgIpc) is 3.43. The quantitative estimate of drug-likeness (QED) is 0.738. The minimum absolute atomic E-state index is 0.0821. The summed E-state index contributed by atoms with van der Waals surface area (Å²) in [6.07, 6.45) is 3.72. The first-order chi connectivity index (χ1) is 14.1. The van der Waals surface area contributed by atoms with Gasteiger partial charge in [-0.3, -0.25) is 4.79 Å². The summed E-state index contributed by atoms with van der Waals surface area (Å²) in [4.78, 5) is 19.5. The molecule has 3 aromatic rings. The highest BCUT2D eigenvalue weighted by atomic mass is 16.5. The van der Waals surface area contributed by atoms with E-state index in [2.05, 4.69) is 18.0 Å². The molecular weight excluding hydrogens is 366 g/mol. The van der Waals surface area contributed by atoms with Gasteiger partial charge < -0.3 is 15.4 Å². The molecule has 2 aromatic heterocycles. The van der Waals surface area contributed by atoms with Crippen LogP contribution >= 0.6 is 0 Å². The molecule has 0 radical (unpaired) electrons. The minimum atomic E-state index is 0.0821. The first-order valence-corrected chi connectivity index (χ1v) is 10.2. The topological polar surface area (TPSA) is 86.3 Å². The summed E-state index contributed by atoms with van der Waals surface area (Å²) in [5.74, 6) is 1.19. The van der Waals surface area contributed by atoms with Crippen molar-refractivity contribution in [3.05, 3.63) is 53.3 Å². The zero-order valence-corrected chi connectivity index (χ0v) is 16.5. The summed E-state index contributed by atoms with van der Waals surface area (Å²) in [7, 11) is 0. The Kier molecular flexibility index (Phi) is 4.47. The van der Waals surface area contributed by atoms with E-state index in [1.54, 1.807) is 6.20 Å². The molecule has 0 spiro atoms.